The number of aliphatic hydroxyl groups is 1. The fourth-order valence-electron chi connectivity index (χ4n) is 3.97. The topological polar surface area (TPSA) is 32.7 Å². The van der Waals surface area contributed by atoms with Crippen molar-refractivity contribution in [2.75, 3.05) is 26.4 Å². The summed E-state index contributed by atoms with van der Waals surface area (Å²) in [5.41, 5.74) is -0.521. The molecule has 146 valence electrons. The third-order valence-corrected chi connectivity index (χ3v) is 5.87. The minimum atomic E-state index is -4.74. The van der Waals surface area contributed by atoms with Crippen molar-refractivity contribution in [3.63, 3.8) is 0 Å². The van der Waals surface area contributed by atoms with E-state index in [2.05, 4.69) is 9.64 Å². The number of alkyl halides is 3. The van der Waals surface area contributed by atoms with Crippen LogP contribution in [0.2, 0.25) is 0 Å². The molecule has 2 aromatic rings. The summed E-state index contributed by atoms with van der Waals surface area (Å²) in [5, 5.41) is 11.8. The Bertz CT molecular complexity index is 786. The van der Waals surface area contributed by atoms with Gasteiger partial charge in [0.1, 0.15) is 11.4 Å². The van der Waals surface area contributed by atoms with Gasteiger partial charge in [-0.3, -0.25) is 0 Å². The smallest absolute Gasteiger partial charge is 0.406 e. The molecule has 0 amide bonds. The average Bonchev–Trinajstić information content (AvgIpc) is 2.59. The number of ether oxygens (including phenoxy) is 1. The van der Waals surface area contributed by atoms with Gasteiger partial charge in [0.25, 0.3) is 0 Å². The van der Waals surface area contributed by atoms with Crippen LogP contribution in [0.15, 0.2) is 53.4 Å². The Hall–Kier alpha value is -1.70. The molecule has 1 heterocycles. The zero-order valence-electron chi connectivity index (χ0n) is 15.4. The highest BCUT2D eigenvalue weighted by Gasteiger charge is 2.55. The summed E-state index contributed by atoms with van der Waals surface area (Å²) in [7, 11) is 1.97. The lowest BCUT2D eigenvalue weighted by molar-refractivity contribution is -0.274. The number of hydrogen-bond acceptors (Lipinski definition) is 4. The molecule has 3 rings (SSSR count). The molecule has 1 aliphatic rings. The summed E-state index contributed by atoms with van der Waals surface area (Å²) in [5.74, 6) is -0.304. The highest BCUT2D eigenvalue weighted by atomic mass is 32.2. The summed E-state index contributed by atoms with van der Waals surface area (Å²) in [6, 6.07) is 13.2. The average molecular weight is 397 g/mol. The van der Waals surface area contributed by atoms with Gasteiger partial charge >= 0.3 is 6.36 Å². The summed E-state index contributed by atoms with van der Waals surface area (Å²) < 4.78 is 41.2. The lowest BCUT2D eigenvalue weighted by Gasteiger charge is -2.56. The number of halogens is 3. The first-order valence-electron chi connectivity index (χ1n) is 8.49. The molecule has 1 fully saturated rings. The van der Waals surface area contributed by atoms with E-state index in [4.69, 9.17) is 0 Å². The van der Waals surface area contributed by atoms with Gasteiger partial charge in [-0.2, -0.15) is 0 Å². The standard InChI is InChI=1S/C20H22F3NO2S/c1-18(12-24(2)13-18)19(25,15-6-10-17(27-3)11-7-15)14-4-8-16(9-5-14)26-20(21,22)23/h4-11,25H,12-13H2,1-3H3/t19-/m1/s1. The summed E-state index contributed by atoms with van der Waals surface area (Å²) >= 11 is 1.61. The third kappa shape index (κ3) is 3.81. The molecule has 0 bridgehead atoms. The number of nitrogens with zero attached hydrogens (tertiary/aromatic N) is 1. The first-order chi connectivity index (χ1) is 12.6. The van der Waals surface area contributed by atoms with Gasteiger partial charge in [0.2, 0.25) is 0 Å². The monoisotopic (exact) mass is 397 g/mol. The molecule has 1 N–H and O–H groups in total. The molecule has 1 saturated heterocycles. The van der Waals surface area contributed by atoms with E-state index in [-0.39, 0.29) is 5.75 Å². The summed E-state index contributed by atoms with van der Waals surface area (Å²) in [6.45, 7) is 3.35. The number of likely N-dealkylation sites (tertiary alicyclic amines) is 1. The minimum absolute atomic E-state index is 0.304. The quantitative estimate of drug-likeness (QED) is 0.754. The van der Waals surface area contributed by atoms with E-state index in [1.54, 1.807) is 11.8 Å². The van der Waals surface area contributed by atoms with Gasteiger partial charge in [-0.15, -0.1) is 24.9 Å². The van der Waals surface area contributed by atoms with E-state index < -0.39 is 17.4 Å². The normalized spacial score (nSPS) is 19.2. The molecule has 0 aromatic heterocycles. The number of benzene rings is 2. The third-order valence-electron chi connectivity index (χ3n) is 5.12. The van der Waals surface area contributed by atoms with E-state index in [0.717, 1.165) is 10.5 Å². The fraction of sp³-hybridized carbons (Fsp3) is 0.400. The molecule has 0 spiro atoms. The van der Waals surface area contributed by atoms with Crippen molar-refractivity contribution in [2.24, 2.45) is 5.41 Å². The van der Waals surface area contributed by atoms with E-state index in [1.165, 1.54) is 24.3 Å². The van der Waals surface area contributed by atoms with Crippen LogP contribution in [0.25, 0.3) is 0 Å². The Kier molecular flexibility index (Phi) is 5.22. The lowest BCUT2D eigenvalue weighted by Crippen LogP contribution is -2.63. The van der Waals surface area contributed by atoms with Crippen molar-refractivity contribution in [1.82, 2.24) is 4.90 Å². The van der Waals surface area contributed by atoms with Crippen molar-refractivity contribution in [1.29, 1.82) is 0 Å². The van der Waals surface area contributed by atoms with Crippen molar-refractivity contribution >= 4 is 11.8 Å². The van der Waals surface area contributed by atoms with Crippen molar-refractivity contribution in [2.45, 2.75) is 23.8 Å². The molecule has 3 nitrogen and oxygen atoms in total. The molecule has 0 aliphatic carbocycles. The van der Waals surface area contributed by atoms with Crippen molar-refractivity contribution < 1.29 is 23.0 Å². The van der Waals surface area contributed by atoms with Gasteiger partial charge in [-0.05, 0) is 48.7 Å². The van der Waals surface area contributed by atoms with E-state index in [9.17, 15) is 18.3 Å². The predicted octanol–water partition coefficient (Wildman–Crippen LogP) is 4.49. The maximum absolute atomic E-state index is 12.4. The van der Waals surface area contributed by atoms with E-state index in [1.807, 2.05) is 44.5 Å². The predicted molar refractivity (Wildman–Crippen MR) is 100.0 cm³/mol. The molecular weight excluding hydrogens is 375 g/mol. The van der Waals surface area contributed by atoms with Crippen molar-refractivity contribution in [3.8, 4) is 5.75 Å². The maximum atomic E-state index is 12.4. The number of rotatable bonds is 5. The molecule has 1 aliphatic heterocycles. The second-order valence-corrected chi connectivity index (χ2v) is 8.12. The first-order valence-corrected chi connectivity index (χ1v) is 9.72. The molecule has 7 heteroatoms. The SMILES string of the molecule is CSc1ccc([C@](O)(c2ccc(OC(F)(F)F)cc2)C2(C)CN(C)C2)cc1. The highest BCUT2D eigenvalue weighted by molar-refractivity contribution is 7.98. The molecule has 2 aromatic carbocycles. The van der Waals surface area contributed by atoms with Gasteiger partial charge in [-0.1, -0.05) is 31.2 Å². The molecule has 1 atom stereocenters. The zero-order valence-corrected chi connectivity index (χ0v) is 16.2. The summed E-state index contributed by atoms with van der Waals surface area (Å²) in [4.78, 5) is 3.17. The first kappa shape index (κ1) is 20.0. The largest absolute Gasteiger partial charge is 0.573 e. The minimum Gasteiger partial charge on any atom is -0.406 e. The Labute approximate surface area is 161 Å². The Morgan fingerprint density at radius 3 is 1.89 bits per heavy atom. The fourth-order valence-corrected chi connectivity index (χ4v) is 4.38. The zero-order chi connectivity index (χ0) is 19.9. The lowest BCUT2D eigenvalue weighted by atomic mass is 9.62. The molecule has 0 unspecified atom stereocenters. The maximum Gasteiger partial charge on any atom is 0.573 e. The van der Waals surface area contributed by atoms with Crippen LogP contribution < -0.4 is 4.74 Å². The van der Waals surface area contributed by atoms with Gasteiger partial charge in [0.05, 0.1) is 0 Å². The van der Waals surface area contributed by atoms with Gasteiger partial charge in [0.15, 0.2) is 0 Å². The van der Waals surface area contributed by atoms with Crippen LogP contribution in [0.5, 0.6) is 5.75 Å². The van der Waals surface area contributed by atoms with Crippen LogP contribution >= 0.6 is 11.8 Å². The number of hydrogen-bond donors (Lipinski definition) is 1. The highest BCUT2D eigenvalue weighted by Crippen LogP contribution is 2.50. The van der Waals surface area contributed by atoms with Gasteiger partial charge in [0, 0.05) is 23.4 Å². The molecule has 0 saturated carbocycles. The van der Waals surface area contributed by atoms with Crippen LogP contribution in [-0.2, 0) is 5.60 Å². The van der Waals surface area contributed by atoms with E-state index in [0.29, 0.717) is 18.7 Å². The van der Waals surface area contributed by atoms with Crippen LogP contribution in [0.4, 0.5) is 13.2 Å². The van der Waals surface area contributed by atoms with Crippen LogP contribution in [-0.4, -0.2) is 42.8 Å². The summed E-state index contributed by atoms with van der Waals surface area (Å²) in [6.07, 6.45) is -2.77. The molecule has 0 radical (unpaired) electrons. The van der Waals surface area contributed by atoms with Crippen LogP contribution in [0, 0.1) is 5.41 Å². The molecule has 27 heavy (non-hydrogen) atoms. The van der Waals surface area contributed by atoms with Crippen LogP contribution in [0.1, 0.15) is 18.1 Å². The second kappa shape index (κ2) is 7.04. The van der Waals surface area contributed by atoms with Crippen LogP contribution in [0.3, 0.4) is 0 Å². The van der Waals surface area contributed by atoms with Crippen molar-refractivity contribution in [3.05, 3.63) is 59.7 Å². The number of thioether (sulfide) groups is 1. The second-order valence-electron chi connectivity index (χ2n) is 7.24. The Balaban J connectivity index is 2.02. The Morgan fingerprint density at radius 1 is 1.00 bits per heavy atom. The van der Waals surface area contributed by atoms with Gasteiger partial charge in [-0.25, -0.2) is 0 Å². The Morgan fingerprint density at radius 2 is 1.48 bits per heavy atom. The van der Waals surface area contributed by atoms with E-state index >= 15 is 0 Å². The van der Waals surface area contributed by atoms with Gasteiger partial charge < -0.3 is 14.7 Å². The molecular formula is C20H22F3NO2S.